The highest BCUT2D eigenvalue weighted by atomic mass is 127. The van der Waals surface area contributed by atoms with Gasteiger partial charge in [0.15, 0.2) is 11.4 Å². The van der Waals surface area contributed by atoms with Crippen LogP contribution in [-0.4, -0.2) is 119 Å². The summed E-state index contributed by atoms with van der Waals surface area (Å²) in [5.41, 5.74) is -0.645. The lowest BCUT2D eigenvalue weighted by atomic mass is 9.91. The van der Waals surface area contributed by atoms with E-state index in [0.29, 0.717) is 39.1 Å². The lowest BCUT2D eigenvalue weighted by Crippen LogP contribution is -2.56. The van der Waals surface area contributed by atoms with E-state index in [2.05, 4.69) is 27.2 Å². The molecule has 5 amide bonds. The van der Waals surface area contributed by atoms with E-state index in [4.69, 9.17) is 15.9 Å². The molecule has 1 heterocycles. The van der Waals surface area contributed by atoms with Crippen LogP contribution in [0.25, 0.3) is 0 Å². The quantitative estimate of drug-likeness (QED) is 0.0548. The largest absolute Gasteiger partial charge is 0.452 e. The zero-order valence-corrected chi connectivity index (χ0v) is 35.6. The first-order chi connectivity index (χ1) is 26.4. The van der Waals surface area contributed by atoms with Crippen LogP contribution in [0.2, 0.25) is 0 Å². The van der Waals surface area contributed by atoms with Crippen molar-refractivity contribution in [3.63, 3.8) is 0 Å². The standard InChI is InChI=1S/C40H59IN6O9/c1-8-18-42-33(48)16-17-36(51)56-40(6,7)37(52)31(23-27(2)3)45-34(49)25-43-38(53)32(24-28(4)5)47(41)39(54)30(15-14-29-12-10-9-11-13-29)44-35(50)26-46-19-21-55-22-20-46/h1,9-13,27-28,30-32H,14-26H2,2-7H3,(H,42,48)(H,43,53)(H,44,50)(H,45,49). The fraction of sp³-hybridized carbons (Fsp3) is 0.625. The van der Waals surface area contributed by atoms with Crippen LogP contribution in [0.1, 0.15) is 79.2 Å². The summed E-state index contributed by atoms with van der Waals surface area (Å²) >= 11 is 1.81. The summed E-state index contributed by atoms with van der Waals surface area (Å²) in [6.45, 7) is 12.3. The molecule has 15 nitrogen and oxygen atoms in total. The van der Waals surface area contributed by atoms with Gasteiger partial charge in [0.05, 0.1) is 68.2 Å². The van der Waals surface area contributed by atoms with Gasteiger partial charge in [-0.3, -0.25) is 41.6 Å². The number of rotatable bonds is 23. The molecule has 310 valence electrons. The lowest BCUT2D eigenvalue weighted by Gasteiger charge is -2.31. The predicted molar refractivity (Wildman–Crippen MR) is 219 cm³/mol. The highest BCUT2D eigenvalue weighted by Crippen LogP contribution is 2.21. The van der Waals surface area contributed by atoms with Crippen LogP contribution in [0.4, 0.5) is 0 Å². The molecule has 4 N–H and O–H groups in total. The Hall–Kier alpha value is -4.08. The molecule has 0 aliphatic carbocycles. The SMILES string of the molecule is C#CCNC(=O)CCC(=O)OC(C)(C)C(=O)C(CC(C)C)NC(=O)CNC(=O)C(CC(C)C)N(I)C(=O)C(CCc1ccccc1)NC(=O)CN1CCOCC1. The van der Waals surface area contributed by atoms with E-state index in [1.807, 2.05) is 85.8 Å². The number of benzene rings is 1. The van der Waals surface area contributed by atoms with E-state index in [0.717, 1.165) is 5.56 Å². The number of carbonyl (C=O) groups is 7. The third-order valence-electron chi connectivity index (χ3n) is 8.84. The summed E-state index contributed by atoms with van der Waals surface area (Å²) in [6.07, 6.45) is 5.99. The van der Waals surface area contributed by atoms with Crippen molar-refractivity contribution in [3.8, 4) is 12.3 Å². The molecule has 1 aliphatic rings. The van der Waals surface area contributed by atoms with Gasteiger partial charge in [0.25, 0.3) is 5.91 Å². The monoisotopic (exact) mass is 894 g/mol. The van der Waals surface area contributed by atoms with Crippen molar-refractivity contribution in [2.75, 3.05) is 45.9 Å². The Morgan fingerprint density at radius 2 is 1.52 bits per heavy atom. The first kappa shape index (κ1) is 48.1. The van der Waals surface area contributed by atoms with E-state index in [1.54, 1.807) is 0 Å². The number of Topliss-reactive ketones (excluding diaryl/α,β-unsaturated/α-hetero) is 1. The Morgan fingerprint density at radius 1 is 0.893 bits per heavy atom. The average molecular weight is 895 g/mol. The Balaban J connectivity index is 2.13. The number of aryl methyl sites for hydroxylation is 1. The number of carbonyl (C=O) groups excluding carboxylic acids is 7. The highest BCUT2D eigenvalue weighted by Gasteiger charge is 2.39. The van der Waals surface area contributed by atoms with Gasteiger partial charge in [-0.25, -0.2) is 0 Å². The minimum Gasteiger partial charge on any atom is -0.452 e. The fourth-order valence-corrected chi connectivity index (χ4v) is 6.78. The number of esters is 1. The van der Waals surface area contributed by atoms with Crippen molar-refractivity contribution in [1.29, 1.82) is 0 Å². The average Bonchev–Trinajstić information content (AvgIpc) is 3.15. The highest BCUT2D eigenvalue weighted by molar-refractivity contribution is 14.1. The molecule has 0 radical (unpaired) electrons. The van der Waals surface area contributed by atoms with Gasteiger partial charge in [0, 0.05) is 19.5 Å². The maximum atomic E-state index is 14.1. The van der Waals surface area contributed by atoms with E-state index in [-0.39, 0.29) is 56.5 Å². The number of morpholine rings is 1. The first-order valence-electron chi connectivity index (χ1n) is 19.1. The smallest absolute Gasteiger partial charge is 0.307 e. The number of amides is 5. The first-order valence-corrected chi connectivity index (χ1v) is 20.1. The molecular weight excluding hydrogens is 835 g/mol. The number of hydrogen-bond donors (Lipinski definition) is 4. The molecule has 1 saturated heterocycles. The van der Waals surface area contributed by atoms with Gasteiger partial charge in [-0.1, -0.05) is 63.9 Å². The number of halogens is 1. The molecule has 16 heteroatoms. The zero-order valence-electron chi connectivity index (χ0n) is 33.5. The third kappa shape index (κ3) is 17.8. The Kier molecular flexibility index (Phi) is 21.1. The molecular formula is C40H59IN6O9. The van der Waals surface area contributed by atoms with Crippen LogP contribution in [0.3, 0.4) is 0 Å². The van der Waals surface area contributed by atoms with Crippen LogP contribution in [0, 0.1) is 24.2 Å². The van der Waals surface area contributed by atoms with Crippen LogP contribution in [-0.2, 0) is 49.5 Å². The Bertz CT molecular complexity index is 1530. The summed E-state index contributed by atoms with van der Waals surface area (Å²) in [6, 6.07) is 6.63. The van der Waals surface area contributed by atoms with Gasteiger partial charge < -0.3 is 30.7 Å². The van der Waals surface area contributed by atoms with Gasteiger partial charge in [0.1, 0.15) is 12.1 Å². The summed E-state index contributed by atoms with van der Waals surface area (Å²) < 4.78 is 12.1. The van der Waals surface area contributed by atoms with Crippen molar-refractivity contribution in [3.05, 3.63) is 35.9 Å². The van der Waals surface area contributed by atoms with E-state index < -0.39 is 65.7 Å². The molecule has 1 aromatic rings. The lowest BCUT2D eigenvalue weighted by molar-refractivity contribution is -0.165. The second-order valence-electron chi connectivity index (χ2n) is 15.1. The van der Waals surface area contributed by atoms with Crippen molar-refractivity contribution in [1.82, 2.24) is 29.3 Å². The van der Waals surface area contributed by atoms with Crippen molar-refractivity contribution >= 4 is 64.2 Å². The molecule has 0 bridgehead atoms. The summed E-state index contributed by atoms with van der Waals surface area (Å²) in [7, 11) is 0. The van der Waals surface area contributed by atoms with Crippen LogP contribution in [0.5, 0.6) is 0 Å². The molecule has 3 atom stereocenters. The second kappa shape index (κ2) is 24.5. The molecule has 0 aromatic heterocycles. The summed E-state index contributed by atoms with van der Waals surface area (Å²) in [5.74, 6) is -1.55. The maximum Gasteiger partial charge on any atom is 0.307 e. The minimum absolute atomic E-state index is 0.0151. The predicted octanol–water partition coefficient (Wildman–Crippen LogP) is 2.10. The molecule has 0 saturated carbocycles. The molecule has 1 aromatic carbocycles. The van der Waals surface area contributed by atoms with Crippen molar-refractivity contribution in [2.24, 2.45) is 11.8 Å². The van der Waals surface area contributed by atoms with Gasteiger partial charge in [-0.05, 0) is 56.9 Å². The summed E-state index contributed by atoms with van der Waals surface area (Å²) in [5, 5.41) is 10.7. The Morgan fingerprint density at radius 3 is 2.12 bits per heavy atom. The van der Waals surface area contributed by atoms with E-state index in [9.17, 15) is 33.6 Å². The van der Waals surface area contributed by atoms with Crippen molar-refractivity contribution in [2.45, 2.75) is 104 Å². The number of hydrogen-bond acceptors (Lipinski definition) is 10. The third-order valence-corrected chi connectivity index (χ3v) is 9.99. The number of ketones is 1. The van der Waals surface area contributed by atoms with Gasteiger partial charge in [0.2, 0.25) is 23.6 Å². The minimum atomic E-state index is -1.64. The topological polar surface area (TPSA) is 193 Å². The molecule has 56 heavy (non-hydrogen) atoms. The number of nitrogens with one attached hydrogen (secondary N) is 4. The van der Waals surface area contributed by atoms with Gasteiger partial charge in [-0.2, -0.15) is 0 Å². The summed E-state index contributed by atoms with van der Waals surface area (Å²) in [4.78, 5) is 94.1. The van der Waals surface area contributed by atoms with Gasteiger partial charge in [-0.15, -0.1) is 6.42 Å². The fourth-order valence-electron chi connectivity index (χ4n) is 5.96. The molecule has 0 spiro atoms. The second-order valence-corrected chi connectivity index (χ2v) is 16.2. The zero-order chi connectivity index (χ0) is 41.8. The molecule has 3 unspecified atom stereocenters. The molecule has 1 fully saturated rings. The van der Waals surface area contributed by atoms with Crippen molar-refractivity contribution < 1.29 is 43.0 Å². The van der Waals surface area contributed by atoms with Crippen LogP contribution >= 0.6 is 22.9 Å². The van der Waals surface area contributed by atoms with Gasteiger partial charge >= 0.3 is 5.97 Å². The van der Waals surface area contributed by atoms with E-state index >= 15 is 0 Å². The number of terminal acetylenes is 1. The van der Waals surface area contributed by atoms with E-state index in [1.165, 1.54) is 17.0 Å². The normalized spacial score (nSPS) is 14.8. The Labute approximate surface area is 345 Å². The molecule has 1 aliphatic heterocycles. The number of nitrogens with zero attached hydrogens (tertiary/aromatic N) is 2. The molecule has 2 rings (SSSR count). The maximum absolute atomic E-state index is 14.1. The van der Waals surface area contributed by atoms with Crippen LogP contribution in [0.15, 0.2) is 30.3 Å². The van der Waals surface area contributed by atoms with Crippen LogP contribution < -0.4 is 21.3 Å². The number of ether oxygens (including phenoxy) is 2.